The number of imidazole rings is 1. The van der Waals surface area contributed by atoms with Gasteiger partial charge in [0.2, 0.25) is 0 Å². The van der Waals surface area contributed by atoms with E-state index in [0.29, 0.717) is 18.9 Å². The Labute approximate surface area is 183 Å². The summed E-state index contributed by atoms with van der Waals surface area (Å²) >= 11 is 0. The summed E-state index contributed by atoms with van der Waals surface area (Å²) in [6.07, 6.45) is 9.08. The fraction of sp³-hybridized carbons (Fsp3) is 0.227. The van der Waals surface area contributed by atoms with Gasteiger partial charge in [0.05, 0.1) is 19.1 Å². The van der Waals surface area contributed by atoms with Crippen LogP contribution in [0.25, 0.3) is 17.2 Å². The quantitative estimate of drug-likeness (QED) is 0.423. The molecule has 0 bridgehead atoms. The van der Waals surface area contributed by atoms with Crippen LogP contribution in [0, 0.1) is 0 Å². The van der Waals surface area contributed by atoms with Crippen molar-refractivity contribution in [3.63, 3.8) is 0 Å². The third-order valence-corrected chi connectivity index (χ3v) is 5.51. The number of nitrogens with one attached hydrogen (secondary N) is 2. The molecule has 0 atom stereocenters. The smallest absolute Gasteiger partial charge is 0.256 e. The monoisotopic (exact) mass is 430 g/mol. The second-order valence-electron chi connectivity index (χ2n) is 7.52. The Balaban J connectivity index is 1.38. The van der Waals surface area contributed by atoms with Gasteiger partial charge in [-0.2, -0.15) is 0 Å². The standard InChI is InChI=1S/C22H22N8O2/c1-32-16-4-5-17-13(8-16)2-3-14-9-26-22(28-19(14)17)30-11-18(20(23)29-30)21(31)25-7-6-15-10-24-12-27-15/h4-5,8-12H,2-3,6-7H2,1H3,(H2,23,29)(H,24,27)(H,25,31). The number of aryl methyl sites for hydroxylation is 2. The van der Waals surface area contributed by atoms with Crippen LogP contribution in [-0.2, 0) is 19.3 Å². The molecule has 1 aliphatic carbocycles. The van der Waals surface area contributed by atoms with Crippen molar-refractivity contribution < 1.29 is 9.53 Å². The van der Waals surface area contributed by atoms with Gasteiger partial charge in [-0.05, 0) is 42.2 Å². The maximum absolute atomic E-state index is 12.6. The molecular formula is C22H22N8O2. The van der Waals surface area contributed by atoms with Gasteiger partial charge in [-0.25, -0.2) is 19.6 Å². The van der Waals surface area contributed by atoms with Gasteiger partial charge in [-0.1, -0.05) is 0 Å². The molecule has 10 nitrogen and oxygen atoms in total. The molecule has 32 heavy (non-hydrogen) atoms. The van der Waals surface area contributed by atoms with E-state index in [2.05, 4.69) is 25.4 Å². The predicted molar refractivity (Wildman–Crippen MR) is 118 cm³/mol. The van der Waals surface area contributed by atoms with Gasteiger partial charge >= 0.3 is 0 Å². The second kappa shape index (κ2) is 8.14. The van der Waals surface area contributed by atoms with Crippen LogP contribution in [0.5, 0.6) is 5.75 Å². The van der Waals surface area contributed by atoms with Gasteiger partial charge in [0, 0.05) is 42.8 Å². The Morgan fingerprint density at radius 3 is 2.97 bits per heavy atom. The molecular weight excluding hydrogens is 408 g/mol. The number of hydrogen-bond acceptors (Lipinski definition) is 7. The first-order valence-corrected chi connectivity index (χ1v) is 10.3. The predicted octanol–water partition coefficient (Wildman–Crippen LogP) is 1.71. The van der Waals surface area contributed by atoms with Crippen LogP contribution in [0.2, 0.25) is 0 Å². The van der Waals surface area contributed by atoms with E-state index in [0.717, 1.165) is 41.1 Å². The molecule has 0 spiro atoms. The molecule has 5 rings (SSSR count). The molecule has 0 aliphatic heterocycles. The molecule has 1 aromatic carbocycles. The van der Waals surface area contributed by atoms with Gasteiger partial charge in [-0.3, -0.25) is 4.79 Å². The van der Waals surface area contributed by atoms with E-state index in [1.807, 2.05) is 24.4 Å². The average molecular weight is 430 g/mol. The van der Waals surface area contributed by atoms with Crippen molar-refractivity contribution in [3.05, 3.63) is 65.5 Å². The molecule has 3 aromatic heterocycles. The van der Waals surface area contributed by atoms with Crippen molar-refractivity contribution in [1.29, 1.82) is 0 Å². The van der Waals surface area contributed by atoms with Crippen molar-refractivity contribution in [3.8, 4) is 23.0 Å². The summed E-state index contributed by atoms with van der Waals surface area (Å²) in [5.41, 5.74) is 11.4. The van der Waals surface area contributed by atoms with Crippen molar-refractivity contribution in [1.82, 2.24) is 35.0 Å². The van der Waals surface area contributed by atoms with Gasteiger partial charge in [0.15, 0.2) is 5.82 Å². The van der Waals surface area contributed by atoms with E-state index < -0.39 is 0 Å². The zero-order valence-electron chi connectivity index (χ0n) is 17.5. The number of nitrogens with two attached hydrogens (primary N) is 1. The Hall–Kier alpha value is -4.21. The van der Waals surface area contributed by atoms with Gasteiger partial charge in [0.25, 0.3) is 11.9 Å². The first kappa shape index (κ1) is 19.7. The van der Waals surface area contributed by atoms with E-state index in [4.69, 9.17) is 15.5 Å². The van der Waals surface area contributed by atoms with Crippen LogP contribution < -0.4 is 15.8 Å². The number of nitrogen functional groups attached to an aromatic ring is 1. The highest BCUT2D eigenvalue weighted by Gasteiger charge is 2.21. The summed E-state index contributed by atoms with van der Waals surface area (Å²) in [5.74, 6) is 0.999. The van der Waals surface area contributed by atoms with Crippen LogP contribution in [0.4, 0.5) is 5.82 Å². The number of fused-ring (bicyclic) bond motifs is 3. The summed E-state index contributed by atoms with van der Waals surface area (Å²) in [6.45, 7) is 0.446. The SMILES string of the molecule is COc1ccc2c(c1)CCc1cnc(-n3cc(C(=O)NCCc4cnc[nH]4)c(N)n3)nc1-2. The molecule has 0 radical (unpaired) electrons. The minimum Gasteiger partial charge on any atom is -0.497 e. The van der Waals surface area contributed by atoms with Crippen molar-refractivity contribution in [2.75, 3.05) is 19.4 Å². The molecule has 0 fully saturated rings. The average Bonchev–Trinajstić information content (AvgIpc) is 3.48. The highest BCUT2D eigenvalue weighted by molar-refractivity contribution is 5.98. The number of aromatic amines is 1. The topological polar surface area (TPSA) is 137 Å². The van der Waals surface area contributed by atoms with Gasteiger partial charge < -0.3 is 20.8 Å². The molecule has 10 heteroatoms. The number of ether oxygens (including phenoxy) is 1. The largest absolute Gasteiger partial charge is 0.497 e. The molecule has 4 N–H and O–H groups in total. The third-order valence-electron chi connectivity index (χ3n) is 5.51. The van der Waals surface area contributed by atoms with E-state index in [-0.39, 0.29) is 17.3 Å². The summed E-state index contributed by atoms with van der Waals surface area (Å²) in [5, 5.41) is 7.11. The van der Waals surface area contributed by atoms with Crippen LogP contribution in [0.3, 0.4) is 0 Å². The number of methoxy groups -OCH3 is 1. The maximum Gasteiger partial charge on any atom is 0.256 e. The number of aromatic nitrogens is 6. The Morgan fingerprint density at radius 2 is 2.16 bits per heavy atom. The zero-order valence-corrected chi connectivity index (χ0v) is 17.5. The van der Waals surface area contributed by atoms with Crippen molar-refractivity contribution in [2.24, 2.45) is 0 Å². The van der Waals surface area contributed by atoms with E-state index >= 15 is 0 Å². The van der Waals surface area contributed by atoms with E-state index in [1.165, 1.54) is 10.2 Å². The number of benzene rings is 1. The summed E-state index contributed by atoms with van der Waals surface area (Å²) < 4.78 is 6.79. The Bertz CT molecular complexity index is 1280. The van der Waals surface area contributed by atoms with Crippen LogP contribution in [0.1, 0.15) is 27.2 Å². The highest BCUT2D eigenvalue weighted by atomic mass is 16.5. The molecule has 1 amide bonds. The molecule has 3 heterocycles. The van der Waals surface area contributed by atoms with Gasteiger partial charge in [-0.15, -0.1) is 5.10 Å². The molecule has 4 aromatic rings. The Kier molecular flexibility index (Phi) is 5.02. The minimum absolute atomic E-state index is 0.121. The number of H-pyrrole nitrogens is 1. The summed E-state index contributed by atoms with van der Waals surface area (Å²) in [7, 11) is 1.66. The van der Waals surface area contributed by atoms with Crippen molar-refractivity contribution >= 4 is 11.7 Å². The number of nitrogens with zero attached hydrogens (tertiary/aromatic N) is 5. The first-order valence-electron chi connectivity index (χ1n) is 10.3. The number of carbonyl (C=O) groups is 1. The summed E-state index contributed by atoms with van der Waals surface area (Å²) in [4.78, 5) is 28.7. The van der Waals surface area contributed by atoms with Gasteiger partial charge in [0.1, 0.15) is 11.3 Å². The summed E-state index contributed by atoms with van der Waals surface area (Å²) in [6, 6.07) is 5.98. The van der Waals surface area contributed by atoms with Crippen LogP contribution in [0.15, 0.2) is 43.1 Å². The number of rotatable bonds is 6. The molecule has 162 valence electrons. The van der Waals surface area contributed by atoms with E-state index in [1.54, 1.807) is 25.8 Å². The van der Waals surface area contributed by atoms with Crippen LogP contribution >= 0.6 is 0 Å². The third kappa shape index (κ3) is 3.66. The Morgan fingerprint density at radius 1 is 1.28 bits per heavy atom. The lowest BCUT2D eigenvalue weighted by Crippen LogP contribution is -2.26. The highest BCUT2D eigenvalue weighted by Crippen LogP contribution is 2.34. The minimum atomic E-state index is -0.302. The molecule has 0 saturated carbocycles. The first-order chi connectivity index (χ1) is 15.6. The maximum atomic E-state index is 12.6. The van der Waals surface area contributed by atoms with Crippen LogP contribution in [-0.4, -0.2) is 49.3 Å². The van der Waals surface area contributed by atoms with Crippen molar-refractivity contribution in [2.45, 2.75) is 19.3 Å². The molecule has 0 saturated heterocycles. The fourth-order valence-electron chi connectivity index (χ4n) is 3.82. The van der Waals surface area contributed by atoms with E-state index in [9.17, 15) is 4.79 Å². The lowest BCUT2D eigenvalue weighted by Gasteiger charge is -2.19. The lowest BCUT2D eigenvalue weighted by atomic mass is 9.90. The number of amides is 1. The number of anilines is 1. The number of carbonyl (C=O) groups excluding carboxylic acids is 1. The zero-order chi connectivity index (χ0) is 22.1. The normalized spacial score (nSPS) is 12.2. The lowest BCUT2D eigenvalue weighted by molar-refractivity contribution is 0.0955. The number of hydrogen-bond donors (Lipinski definition) is 3. The second-order valence-corrected chi connectivity index (χ2v) is 7.52. The molecule has 0 unspecified atom stereocenters. The fourth-order valence-corrected chi connectivity index (χ4v) is 3.82. The molecule has 1 aliphatic rings.